The molecule has 3 aromatic rings. The number of esters is 1. The highest BCUT2D eigenvalue weighted by Gasteiger charge is 2.51. The highest BCUT2D eigenvalue weighted by atomic mass is 28.4. The minimum absolute atomic E-state index is 0.130. The average Bonchev–Trinajstić information content (AvgIpc) is 3.33. The molecule has 186 valence electrons. The third kappa shape index (κ3) is 6.29. The fraction of sp³-hybridized carbons (Fsp3) is 0.357. The van der Waals surface area contributed by atoms with Gasteiger partial charge in [-0.15, -0.1) is 0 Å². The van der Waals surface area contributed by atoms with Crippen molar-refractivity contribution in [2.75, 3.05) is 6.61 Å². The molecule has 0 aliphatic carbocycles. The smallest absolute Gasteiger partial charge is 0.418 e. The van der Waals surface area contributed by atoms with Crippen LogP contribution in [0.15, 0.2) is 85.2 Å². The van der Waals surface area contributed by atoms with E-state index >= 15 is 0 Å². The first-order valence-corrected chi connectivity index (χ1v) is 13.7. The van der Waals surface area contributed by atoms with Crippen LogP contribution in [0, 0.1) is 0 Å². The lowest BCUT2D eigenvalue weighted by molar-refractivity contribution is -0.166. The summed E-state index contributed by atoms with van der Waals surface area (Å²) in [5.41, 5.74) is -0.743. The lowest BCUT2D eigenvalue weighted by Gasteiger charge is -2.43. The molecule has 1 atom stereocenters. The van der Waals surface area contributed by atoms with Crippen molar-refractivity contribution in [1.82, 2.24) is 4.57 Å². The van der Waals surface area contributed by atoms with Gasteiger partial charge in [0.05, 0.1) is 6.61 Å². The van der Waals surface area contributed by atoms with Crippen LogP contribution < -0.4 is 10.4 Å². The lowest BCUT2D eigenvalue weighted by atomic mass is 10.2. The Hall–Kier alpha value is -3.16. The van der Waals surface area contributed by atoms with Gasteiger partial charge < -0.3 is 13.9 Å². The van der Waals surface area contributed by atoms with Gasteiger partial charge in [-0.05, 0) is 48.3 Å². The number of hydrogen-bond acceptors (Lipinski definition) is 5. The topological polar surface area (TPSA) is 66.8 Å². The Bertz CT molecular complexity index is 1060. The molecule has 0 saturated heterocycles. The van der Waals surface area contributed by atoms with Gasteiger partial charge in [0.25, 0.3) is 8.32 Å². The largest absolute Gasteiger partial charge is 0.457 e. The molecular formula is C28H35NO5Si. The Kier molecular flexibility index (Phi) is 8.02. The number of aromatic nitrogens is 1. The molecular weight excluding hydrogens is 458 g/mol. The number of hydrogen-bond donors (Lipinski definition) is 0. The minimum Gasteiger partial charge on any atom is -0.457 e. The Balaban J connectivity index is 2.02. The molecule has 6 nitrogen and oxygen atoms in total. The fourth-order valence-corrected chi connectivity index (χ4v) is 8.68. The zero-order valence-corrected chi connectivity index (χ0v) is 22.4. The minimum atomic E-state index is -2.94. The van der Waals surface area contributed by atoms with Crippen LogP contribution in [0.5, 0.6) is 0 Å². The van der Waals surface area contributed by atoms with Gasteiger partial charge in [-0.3, -0.25) is 4.57 Å². The van der Waals surface area contributed by atoms with E-state index in [1.807, 2.05) is 36.4 Å². The summed E-state index contributed by atoms with van der Waals surface area (Å²) in [5, 5.41) is 1.84. The predicted molar refractivity (Wildman–Crippen MR) is 140 cm³/mol. The van der Waals surface area contributed by atoms with Crippen molar-refractivity contribution in [1.29, 1.82) is 0 Å². The monoisotopic (exact) mass is 493 g/mol. The molecule has 0 unspecified atom stereocenters. The quantitative estimate of drug-likeness (QED) is 0.351. The second-order valence-corrected chi connectivity index (χ2v) is 14.8. The molecule has 7 heteroatoms. The summed E-state index contributed by atoms with van der Waals surface area (Å²) >= 11 is 0. The van der Waals surface area contributed by atoms with E-state index in [4.69, 9.17) is 13.9 Å². The van der Waals surface area contributed by atoms with E-state index in [-0.39, 0.29) is 11.6 Å². The predicted octanol–water partition coefficient (Wildman–Crippen LogP) is 4.76. The van der Waals surface area contributed by atoms with Gasteiger partial charge in [0.2, 0.25) is 6.10 Å². The van der Waals surface area contributed by atoms with Crippen molar-refractivity contribution in [2.45, 2.75) is 58.3 Å². The first-order valence-electron chi connectivity index (χ1n) is 11.8. The molecule has 0 spiro atoms. The summed E-state index contributed by atoms with van der Waals surface area (Å²) in [6.07, 6.45) is 1.23. The van der Waals surface area contributed by atoms with Gasteiger partial charge in [-0.1, -0.05) is 81.4 Å². The number of benzene rings is 2. The molecule has 35 heavy (non-hydrogen) atoms. The summed E-state index contributed by atoms with van der Waals surface area (Å²) in [7, 11) is -2.94. The molecule has 0 aliphatic rings. The lowest BCUT2D eigenvalue weighted by Crippen LogP contribution is -2.67. The van der Waals surface area contributed by atoms with E-state index in [0.29, 0.717) is 0 Å². The second-order valence-electron chi connectivity index (χ2n) is 10.5. The number of rotatable bonds is 7. The first-order chi connectivity index (χ1) is 16.4. The first kappa shape index (κ1) is 26.4. The van der Waals surface area contributed by atoms with E-state index < -0.39 is 32.1 Å². The second kappa shape index (κ2) is 10.6. The summed E-state index contributed by atoms with van der Waals surface area (Å²) in [6, 6.07) is 23.6. The molecule has 0 N–H and O–H groups in total. The highest BCUT2D eigenvalue weighted by Crippen LogP contribution is 2.37. The molecule has 1 heterocycles. The maximum absolute atomic E-state index is 13.1. The molecule has 0 bridgehead atoms. The van der Waals surface area contributed by atoms with E-state index in [0.717, 1.165) is 10.4 Å². The van der Waals surface area contributed by atoms with Crippen LogP contribution in [0.3, 0.4) is 0 Å². The van der Waals surface area contributed by atoms with Crippen LogP contribution in [0.2, 0.25) is 5.04 Å². The van der Waals surface area contributed by atoms with Gasteiger partial charge in [0, 0.05) is 12.4 Å². The molecule has 2 aromatic carbocycles. The molecule has 0 saturated carbocycles. The SMILES string of the molecule is CC(C)(C)OC(=O)[C@@H](CO[Si](c1ccccc1)(c1ccccc1)C(C)(C)C)OC(=O)n1cccc1. The zero-order chi connectivity index (χ0) is 25.7. The van der Waals surface area contributed by atoms with Crippen LogP contribution in [-0.2, 0) is 18.7 Å². The highest BCUT2D eigenvalue weighted by molar-refractivity contribution is 6.99. The number of ether oxygens (including phenoxy) is 2. The Morgan fingerprint density at radius 3 is 1.71 bits per heavy atom. The Morgan fingerprint density at radius 1 is 0.800 bits per heavy atom. The average molecular weight is 494 g/mol. The van der Waals surface area contributed by atoms with Crippen LogP contribution in [-0.4, -0.2) is 43.3 Å². The maximum atomic E-state index is 13.1. The van der Waals surface area contributed by atoms with Crippen molar-refractivity contribution < 1.29 is 23.5 Å². The van der Waals surface area contributed by atoms with Crippen molar-refractivity contribution in [3.8, 4) is 0 Å². The van der Waals surface area contributed by atoms with Crippen molar-refractivity contribution in [2.24, 2.45) is 0 Å². The van der Waals surface area contributed by atoms with E-state index in [9.17, 15) is 9.59 Å². The van der Waals surface area contributed by atoms with E-state index in [2.05, 4.69) is 45.0 Å². The molecule has 0 amide bonds. The van der Waals surface area contributed by atoms with Gasteiger partial charge >= 0.3 is 12.1 Å². The summed E-state index contributed by atoms with van der Waals surface area (Å²) < 4.78 is 19.3. The van der Waals surface area contributed by atoms with Crippen LogP contribution in [0.4, 0.5) is 4.79 Å². The Labute approximate surface area is 209 Å². The van der Waals surface area contributed by atoms with E-state index in [1.54, 1.807) is 45.3 Å². The third-order valence-electron chi connectivity index (χ3n) is 5.60. The molecule has 0 radical (unpaired) electrons. The van der Waals surface area contributed by atoms with Crippen molar-refractivity contribution in [3.63, 3.8) is 0 Å². The number of carbonyl (C=O) groups excluding carboxylic acids is 2. The maximum Gasteiger partial charge on any atom is 0.418 e. The number of nitrogens with zero attached hydrogens (tertiary/aromatic N) is 1. The molecule has 0 fully saturated rings. The van der Waals surface area contributed by atoms with E-state index in [1.165, 1.54) is 4.57 Å². The van der Waals surface area contributed by atoms with Crippen LogP contribution >= 0.6 is 0 Å². The summed E-state index contributed by atoms with van der Waals surface area (Å²) in [6.45, 7) is 11.6. The van der Waals surface area contributed by atoms with Gasteiger partial charge in [0.1, 0.15) is 5.60 Å². The molecule has 1 aromatic heterocycles. The van der Waals surface area contributed by atoms with Gasteiger partial charge in [-0.25, -0.2) is 9.59 Å². The summed E-state index contributed by atoms with van der Waals surface area (Å²) in [5.74, 6) is -0.643. The van der Waals surface area contributed by atoms with Gasteiger partial charge in [-0.2, -0.15) is 0 Å². The van der Waals surface area contributed by atoms with Crippen molar-refractivity contribution >= 4 is 30.8 Å². The fourth-order valence-electron chi connectivity index (χ4n) is 4.12. The molecule has 3 rings (SSSR count). The standard InChI is InChI=1S/C28H35NO5Si/c1-27(2,3)34-25(30)24(33-26(31)29-19-13-14-20-29)21-32-35(28(4,5)6,22-15-9-7-10-16-22)23-17-11-8-12-18-23/h7-20,24H,21H2,1-6H3/t24-/m1/s1. The van der Waals surface area contributed by atoms with Crippen molar-refractivity contribution in [3.05, 3.63) is 85.2 Å². The van der Waals surface area contributed by atoms with Gasteiger partial charge in [0.15, 0.2) is 0 Å². The van der Waals surface area contributed by atoms with Crippen LogP contribution in [0.25, 0.3) is 0 Å². The molecule has 0 aliphatic heterocycles. The summed E-state index contributed by atoms with van der Waals surface area (Å²) in [4.78, 5) is 25.9. The normalized spacial score (nSPS) is 13.2. The zero-order valence-electron chi connectivity index (χ0n) is 21.4. The Morgan fingerprint density at radius 2 is 1.29 bits per heavy atom. The third-order valence-corrected chi connectivity index (χ3v) is 10.6. The van der Waals surface area contributed by atoms with Crippen LogP contribution in [0.1, 0.15) is 41.5 Å². The number of carbonyl (C=O) groups is 2.